The Bertz CT molecular complexity index is 713. The molecule has 5 heteroatoms. The molecule has 21 heavy (non-hydrogen) atoms. The molecule has 1 aromatic carbocycles. The van der Waals surface area contributed by atoms with Crippen molar-refractivity contribution in [3.63, 3.8) is 0 Å². The number of carboxylic acid groups (broad SMARTS) is 1. The number of hydrogen-bond acceptors (Lipinski definition) is 3. The van der Waals surface area contributed by atoms with E-state index in [0.29, 0.717) is 18.4 Å². The van der Waals surface area contributed by atoms with E-state index in [-0.39, 0.29) is 5.91 Å². The molecule has 0 unspecified atom stereocenters. The van der Waals surface area contributed by atoms with Crippen molar-refractivity contribution in [2.75, 3.05) is 0 Å². The Kier molecular flexibility index (Phi) is 3.45. The smallest absolute Gasteiger partial charge is 0.329 e. The van der Waals surface area contributed by atoms with Crippen molar-refractivity contribution in [1.29, 1.82) is 0 Å². The lowest BCUT2D eigenvalue weighted by Gasteiger charge is -2.25. The molecule has 1 heterocycles. The largest absolute Gasteiger partial charge is 0.480 e. The van der Waals surface area contributed by atoms with Crippen molar-refractivity contribution < 1.29 is 14.7 Å². The molecule has 2 aromatic rings. The second kappa shape index (κ2) is 5.15. The van der Waals surface area contributed by atoms with Crippen LogP contribution in [0.3, 0.4) is 0 Å². The van der Waals surface area contributed by atoms with Gasteiger partial charge in [0.25, 0.3) is 5.91 Å². The van der Waals surface area contributed by atoms with Gasteiger partial charge in [0.05, 0.1) is 5.56 Å². The molecule has 3 rings (SSSR count). The van der Waals surface area contributed by atoms with Crippen LogP contribution in [0, 0.1) is 6.92 Å². The van der Waals surface area contributed by atoms with Crippen molar-refractivity contribution in [1.82, 2.24) is 5.32 Å². The van der Waals surface area contributed by atoms with Crippen LogP contribution in [0.1, 0.15) is 41.6 Å². The number of aliphatic carboxylic acids is 1. The number of benzene rings is 1. The van der Waals surface area contributed by atoms with Gasteiger partial charge in [-0.25, -0.2) is 4.79 Å². The number of carboxylic acids is 1. The number of carbonyl (C=O) groups is 2. The van der Waals surface area contributed by atoms with Crippen LogP contribution >= 0.6 is 11.3 Å². The van der Waals surface area contributed by atoms with E-state index >= 15 is 0 Å². The molecular formula is C16H17NO3S. The molecular weight excluding hydrogens is 286 g/mol. The number of nitrogens with one attached hydrogen (secondary N) is 1. The van der Waals surface area contributed by atoms with Gasteiger partial charge in [-0.2, -0.15) is 0 Å². The van der Waals surface area contributed by atoms with E-state index in [2.05, 4.69) is 5.32 Å². The summed E-state index contributed by atoms with van der Waals surface area (Å²) in [6.07, 6.45) is 2.71. The summed E-state index contributed by atoms with van der Waals surface area (Å²) in [7, 11) is 0. The number of carbonyl (C=O) groups excluding carboxylic acids is 1. The molecule has 0 radical (unpaired) electrons. The van der Waals surface area contributed by atoms with E-state index in [9.17, 15) is 14.7 Å². The topological polar surface area (TPSA) is 66.4 Å². The molecule has 0 aliphatic heterocycles. The minimum absolute atomic E-state index is 0.283. The molecule has 1 saturated carbocycles. The Hall–Kier alpha value is -1.88. The summed E-state index contributed by atoms with van der Waals surface area (Å²) in [6, 6.07) is 5.94. The van der Waals surface area contributed by atoms with Gasteiger partial charge in [0.2, 0.25) is 0 Å². The van der Waals surface area contributed by atoms with Crippen LogP contribution in [0.2, 0.25) is 0 Å². The van der Waals surface area contributed by atoms with Gasteiger partial charge in [-0.15, -0.1) is 11.3 Å². The van der Waals surface area contributed by atoms with E-state index in [1.807, 2.05) is 30.5 Å². The molecule has 0 saturated heterocycles. The van der Waals surface area contributed by atoms with Crippen molar-refractivity contribution >= 4 is 33.3 Å². The number of rotatable bonds is 3. The first-order chi connectivity index (χ1) is 10.0. The third kappa shape index (κ3) is 2.42. The van der Waals surface area contributed by atoms with Crippen molar-refractivity contribution in [2.45, 2.75) is 38.1 Å². The second-order valence-electron chi connectivity index (χ2n) is 5.70. The Morgan fingerprint density at radius 1 is 1.29 bits per heavy atom. The summed E-state index contributed by atoms with van der Waals surface area (Å²) in [5.74, 6) is -1.21. The highest BCUT2D eigenvalue weighted by Gasteiger charge is 2.42. The van der Waals surface area contributed by atoms with Gasteiger partial charge >= 0.3 is 5.97 Å². The first kappa shape index (κ1) is 14.1. The van der Waals surface area contributed by atoms with Crippen molar-refractivity contribution in [3.05, 3.63) is 34.7 Å². The molecule has 2 N–H and O–H groups in total. The molecule has 1 fully saturated rings. The first-order valence-electron chi connectivity index (χ1n) is 7.06. The summed E-state index contributed by atoms with van der Waals surface area (Å²) in [5, 5.41) is 14.9. The van der Waals surface area contributed by atoms with Crippen molar-refractivity contribution in [2.24, 2.45) is 0 Å². The molecule has 0 atom stereocenters. The normalized spacial score (nSPS) is 17.0. The number of amides is 1. The third-order valence-corrected chi connectivity index (χ3v) is 5.14. The van der Waals surface area contributed by atoms with E-state index in [1.165, 1.54) is 11.3 Å². The van der Waals surface area contributed by atoms with Crippen LogP contribution in [-0.2, 0) is 4.79 Å². The monoisotopic (exact) mass is 303 g/mol. The van der Waals surface area contributed by atoms with Gasteiger partial charge in [0.1, 0.15) is 5.54 Å². The SMILES string of the molecule is Cc1ccc2c(C(=O)NC3(C(=O)O)CCCC3)csc2c1. The summed E-state index contributed by atoms with van der Waals surface area (Å²) in [4.78, 5) is 24.0. The Labute approximate surface area is 126 Å². The quantitative estimate of drug-likeness (QED) is 0.914. The van der Waals surface area contributed by atoms with Gasteiger partial charge < -0.3 is 10.4 Å². The fraction of sp³-hybridized carbons (Fsp3) is 0.375. The highest BCUT2D eigenvalue weighted by molar-refractivity contribution is 7.17. The number of aryl methyl sites for hydroxylation is 1. The lowest BCUT2D eigenvalue weighted by atomic mass is 9.97. The first-order valence-corrected chi connectivity index (χ1v) is 7.94. The molecule has 1 aliphatic carbocycles. The predicted octanol–water partition coefficient (Wildman–Crippen LogP) is 3.34. The van der Waals surface area contributed by atoms with Crippen LogP contribution in [0.15, 0.2) is 23.6 Å². The molecule has 0 bridgehead atoms. The third-order valence-electron chi connectivity index (χ3n) is 4.19. The summed E-state index contributed by atoms with van der Waals surface area (Å²) >= 11 is 1.51. The average Bonchev–Trinajstić information content (AvgIpc) is 3.05. The van der Waals surface area contributed by atoms with Gasteiger partial charge in [-0.1, -0.05) is 25.0 Å². The lowest BCUT2D eigenvalue weighted by molar-refractivity contribution is -0.144. The fourth-order valence-corrected chi connectivity index (χ4v) is 4.00. The number of hydrogen-bond donors (Lipinski definition) is 2. The molecule has 110 valence electrons. The van der Waals surface area contributed by atoms with E-state index in [1.54, 1.807) is 0 Å². The van der Waals surface area contributed by atoms with E-state index in [0.717, 1.165) is 28.5 Å². The maximum Gasteiger partial charge on any atom is 0.329 e. The zero-order chi connectivity index (χ0) is 15.0. The standard InChI is InChI=1S/C16H17NO3S/c1-10-4-5-11-12(9-21-13(11)8-10)14(18)17-16(15(19)20)6-2-3-7-16/h4-5,8-9H,2-3,6-7H2,1H3,(H,17,18)(H,19,20). The zero-order valence-corrected chi connectivity index (χ0v) is 12.6. The second-order valence-corrected chi connectivity index (χ2v) is 6.61. The summed E-state index contributed by atoms with van der Waals surface area (Å²) in [5.41, 5.74) is 0.632. The molecule has 1 amide bonds. The number of fused-ring (bicyclic) bond motifs is 1. The highest BCUT2D eigenvalue weighted by atomic mass is 32.1. The Balaban J connectivity index is 1.92. The molecule has 1 aromatic heterocycles. The van der Waals surface area contributed by atoms with E-state index < -0.39 is 11.5 Å². The van der Waals surface area contributed by atoms with Crippen LogP contribution in [0.25, 0.3) is 10.1 Å². The van der Waals surface area contributed by atoms with Gasteiger partial charge in [-0.05, 0) is 31.4 Å². The van der Waals surface area contributed by atoms with Gasteiger partial charge in [0, 0.05) is 15.5 Å². The predicted molar refractivity (Wildman–Crippen MR) is 82.9 cm³/mol. The highest BCUT2D eigenvalue weighted by Crippen LogP contribution is 2.32. The maximum atomic E-state index is 12.5. The zero-order valence-electron chi connectivity index (χ0n) is 11.8. The van der Waals surface area contributed by atoms with Crippen LogP contribution < -0.4 is 5.32 Å². The molecule has 4 nitrogen and oxygen atoms in total. The maximum absolute atomic E-state index is 12.5. The minimum Gasteiger partial charge on any atom is -0.480 e. The minimum atomic E-state index is -1.09. The average molecular weight is 303 g/mol. The lowest BCUT2D eigenvalue weighted by Crippen LogP contribution is -2.52. The van der Waals surface area contributed by atoms with E-state index in [4.69, 9.17) is 0 Å². The molecule has 1 aliphatic rings. The number of thiophene rings is 1. The Morgan fingerprint density at radius 2 is 2.00 bits per heavy atom. The Morgan fingerprint density at radius 3 is 2.67 bits per heavy atom. The molecule has 0 spiro atoms. The van der Waals surface area contributed by atoms with Gasteiger partial charge in [0.15, 0.2) is 0 Å². The summed E-state index contributed by atoms with van der Waals surface area (Å²) in [6.45, 7) is 2.01. The van der Waals surface area contributed by atoms with Crippen LogP contribution in [-0.4, -0.2) is 22.5 Å². The fourth-order valence-electron chi connectivity index (χ4n) is 2.97. The van der Waals surface area contributed by atoms with Crippen molar-refractivity contribution in [3.8, 4) is 0 Å². The van der Waals surface area contributed by atoms with Gasteiger partial charge in [-0.3, -0.25) is 4.79 Å². The van der Waals surface area contributed by atoms with Crippen LogP contribution in [0.4, 0.5) is 0 Å². The summed E-state index contributed by atoms with van der Waals surface area (Å²) < 4.78 is 1.05. The van der Waals surface area contributed by atoms with Crippen LogP contribution in [0.5, 0.6) is 0 Å².